The Balaban J connectivity index is 3.02. The number of carbonyl (C=O) groups is 1. The van der Waals surface area contributed by atoms with Gasteiger partial charge in [-0.05, 0) is 31.5 Å². The molecule has 1 rings (SSSR count). The number of methoxy groups -OCH3 is 1. The highest BCUT2D eigenvalue weighted by Gasteiger charge is 2.21. The molecule has 1 aromatic rings. The molecular formula is C12H17NO4. The highest BCUT2D eigenvalue weighted by Crippen LogP contribution is 2.29. The number of rotatable bonds is 5. The molecule has 3 N–H and O–H groups in total. The van der Waals surface area contributed by atoms with Gasteiger partial charge in [0.15, 0.2) is 11.5 Å². The van der Waals surface area contributed by atoms with Crippen molar-refractivity contribution >= 4 is 5.97 Å². The van der Waals surface area contributed by atoms with E-state index in [1.165, 1.54) is 13.2 Å². The Hall–Kier alpha value is -1.75. The number of hydrogen-bond donors (Lipinski definition) is 3. The molecule has 0 aliphatic carbocycles. The number of aromatic hydroxyl groups is 1. The van der Waals surface area contributed by atoms with Gasteiger partial charge in [-0.2, -0.15) is 0 Å². The van der Waals surface area contributed by atoms with Gasteiger partial charge in [-0.25, -0.2) is 0 Å². The Morgan fingerprint density at radius 1 is 1.41 bits per heavy atom. The Morgan fingerprint density at radius 3 is 2.47 bits per heavy atom. The van der Waals surface area contributed by atoms with Crippen LogP contribution >= 0.6 is 0 Å². The highest BCUT2D eigenvalue weighted by molar-refractivity contribution is 5.76. The lowest BCUT2D eigenvalue weighted by Gasteiger charge is -2.18. The van der Waals surface area contributed by atoms with Crippen LogP contribution in [0.5, 0.6) is 11.5 Å². The van der Waals surface area contributed by atoms with Crippen molar-refractivity contribution in [2.24, 2.45) is 0 Å². The molecule has 0 amide bonds. The predicted molar refractivity (Wildman–Crippen MR) is 63.3 cm³/mol. The minimum atomic E-state index is -0.983. The van der Waals surface area contributed by atoms with Crippen LogP contribution in [0.25, 0.3) is 0 Å². The van der Waals surface area contributed by atoms with Crippen molar-refractivity contribution in [3.63, 3.8) is 0 Å². The minimum Gasteiger partial charge on any atom is -0.504 e. The molecule has 5 heteroatoms. The zero-order valence-electron chi connectivity index (χ0n) is 10.1. The Bertz CT molecular complexity index is 403. The number of aliphatic carboxylic acids is 1. The molecule has 0 spiro atoms. The third-order valence-corrected chi connectivity index (χ3v) is 2.28. The van der Waals surface area contributed by atoms with Crippen LogP contribution in [0.4, 0.5) is 0 Å². The summed E-state index contributed by atoms with van der Waals surface area (Å²) in [6.45, 7) is 3.72. The molecule has 0 aromatic heterocycles. The largest absolute Gasteiger partial charge is 0.504 e. The summed E-state index contributed by atoms with van der Waals surface area (Å²) in [4.78, 5) is 11.1. The SMILES string of the molecule is COc1ccc(C(NC(C)C)C(=O)O)cc1O. The van der Waals surface area contributed by atoms with Crippen LogP contribution in [0.3, 0.4) is 0 Å². The Labute approximate surface area is 100 Å². The fraction of sp³-hybridized carbons (Fsp3) is 0.417. The molecule has 0 radical (unpaired) electrons. The average molecular weight is 239 g/mol. The van der Waals surface area contributed by atoms with Crippen LogP contribution < -0.4 is 10.1 Å². The van der Waals surface area contributed by atoms with E-state index in [0.29, 0.717) is 11.3 Å². The van der Waals surface area contributed by atoms with Gasteiger partial charge < -0.3 is 14.9 Å². The first-order valence-electron chi connectivity index (χ1n) is 5.31. The van der Waals surface area contributed by atoms with Gasteiger partial charge in [0, 0.05) is 6.04 Å². The summed E-state index contributed by atoms with van der Waals surface area (Å²) < 4.78 is 4.90. The van der Waals surface area contributed by atoms with E-state index in [1.807, 2.05) is 13.8 Å². The molecule has 0 aliphatic heterocycles. The quantitative estimate of drug-likeness (QED) is 0.726. The summed E-state index contributed by atoms with van der Waals surface area (Å²) in [5.41, 5.74) is 0.490. The van der Waals surface area contributed by atoms with Crippen LogP contribution in [0.2, 0.25) is 0 Å². The van der Waals surface area contributed by atoms with Gasteiger partial charge >= 0.3 is 5.97 Å². The number of benzene rings is 1. The molecule has 0 bridgehead atoms. The van der Waals surface area contributed by atoms with Crippen molar-refractivity contribution in [3.05, 3.63) is 23.8 Å². The first-order chi connectivity index (χ1) is 7.95. The van der Waals surface area contributed by atoms with E-state index in [0.717, 1.165) is 0 Å². The molecule has 1 atom stereocenters. The lowest BCUT2D eigenvalue weighted by molar-refractivity contribution is -0.139. The number of ether oxygens (including phenoxy) is 1. The first kappa shape index (κ1) is 13.3. The third-order valence-electron chi connectivity index (χ3n) is 2.28. The van der Waals surface area contributed by atoms with Crippen molar-refractivity contribution in [3.8, 4) is 11.5 Å². The monoisotopic (exact) mass is 239 g/mol. The first-order valence-corrected chi connectivity index (χ1v) is 5.31. The van der Waals surface area contributed by atoms with Crippen molar-refractivity contribution < 1.29 is 19.7 Å². The Kier molecular flexibility index (Phi) is 4.34. The summed E-state index contributed by atoms with van der Waals surface area (Å²) >= 11 is 0. The van der Waals surface area contributed by atoms with Crippen LogP contribution in [0.1, 0.15) is 25.5 Å². The van der Waals surface area contributed by atoms with E-state index in [4.69, 9.17) is 9.84 Å². The number of hydrogen-bond acceptors (Lipinski definition) is 4. The number of phenols is 1. The van der Waals surface area contributed by atoms with Crippen molar-refractivity contribution in [2.75, 3.05) is 7.11 Å². The van der Waals surface area contributed by atoms with Crippen molar-refractivity contribution in [1.82, 2.24) is 5.32 Å². The molecule has 0 saturated heterocycles. The van der Waals surface area contributed by atoms with E-state index in [9.17, 15) is 9.90 Å². The highest BCUT2D eigenvalue weighted by atomic mass is 16.5. The van der Waals surface area contributed by atoms with Gasteiger partial charge in [0.1, 0.15) is 6.04 Å². The van der Waals surface area contributed by atoms with E-state index in [-0.39, 0.29) is 11.8 Å². The lowest BCUT2D eigenvalue weighted by atomic mass is 10.1. The van der Waals surface area contributed by atoms with E-state index < -0.39 is 12.0 Å². The molecule has 0 saturated carbocycles. The molecular weight excluding hydrogens is 222 g/mol. The van der Waals surface area contributed by atoms with Gasteiger partial charge in [-0.3, -0.25) is 10.1 Å². The lowest BCUT2D eigenvalue weighted by Crippen LogP contribution is -2.33. The smallest absolute Gasteiger partial charge is 0.325 e. The fourth-order valence-corrected chi connectivity index (χ4v) is 1.53. The Morgan fingerprint density at radius 2 is 2.06 bits per heavy atom. The van der Waals surface area contributed by atoms with E-state index in [1.54, 1.807) is 12.1 Å². The second-order valence-corrected chi connectivity index (χ2v) is 4.02. The normalized spacial score (nSPS) is 12.5. The molecule has 0 fully saturated rings. The van der Waals surface area contributed by atoms with Crippen molar-refractivity contribution in [2.45, 2.75) is 25.9 Å². The zero-order valence-corrected chi connectivity index (χ0v) is 10.1. The van der Waals surface area contributed by atoms with Gasteiger partial charge in [0.25, 0.3) is 0 Å². The van der Waals surface area contributed by atoms with E-state index >= 15 is 0 Å². The van der Waals surface area contributed by atoms with Crippen LogP contribution in [-0.4, -0.2) is 29.3 Å². The van der Waals surface area contributed by atoms with Gasteiger partial charge in [0.2, 0.25) is 0 Å². The average Bonchev–Trinajstić information content (AvgIpc) is 2.25. The number of nitrogens with one attached hydrogen (secondary N) is 1. The second kappa shape index (κ2) is 5.54. The van der Waals surface area contributed by atoms with Gasteiger partial charge in [-0.15, -0.1) is 0 Å². The molecule has 0 aliphatic rings. The molecule has 17 heavy (non-hydrogen) atoms. The summed E-state index contributed by atoms with van der Waals surface area (Å²) in [6, 6.07) is 3.75. The molecule has 1 aromatic carbocycles. The van der Waals surface area contributed by atoms with Crippen LogP contribution in [0, 0.1) is 0 Å². The minimum absolute atomic E-state index is 0.0281. The van der Waals surface area contributed by atoms with Gasteiger partial charge in [-0.1, -0.05) is 6.07 Å². The van der Waals surface area contributed by atoms with Crippen LogP contribution in [-0.2, 0) is 4.79 Å². The number of carboxylic acid groups (broad SMARTS) is 1. The maximum atomic E-state index is 11.1. The summed E-state index contributed by atoms with van der Waals surface area (Å²) in [5, 5.41) is 21.6. The number of phenolic OH excluding ortho intramolecular Hbond substituents is 1. The third kappa shape index (κ3) is 3.35. The maximum absolute atomic E-state index is 11.1. The summed E-state index contributed by atoms with van der Waals surface area (Å²) in [6.07, 6.45) is 0. The van der Waals surface area contributed by atoms with Crippen molar-refractivity contribution in [1.29, 1.82) is 0 Å². The van der Waals surface area contributed by atoms with Gasteiger partial charge in [0.05, 0.1) is 7.11 Å². The maximum Gasteiger partial charge on any atom is 0.325 e. The number of carboxylic acids is 1. The zero-order chi connectivity index (χ0) is 13.0. The molecule has 94 valence electrons. The molecule has 5 nitrogen and oxygen atoms in total. The predicted octanol–water partition coefficient (Wildman–Crippen LogP) is 1.52. The second-order valence-electron chi connectivity index (χ2n) is 4.02. The molecule has 1 unspecified atom stereocenters. The summed E-state index contributed by atoms with van der Waals surface area (Å²) in [5.74, 6) is -0.729. The fourth-order valence-electron chi connectivity index (χ4n) is 1.53. The van der Waals surface area contributed by atoms with Crippen LogP contribution in [0.15, 0.2) is 18.2 Å². The van der Waals surface area contributed by atoms with E-state index in [2.05, 4.69) is 5.32 Å². The molecule has 0 heterocycles. The standard InChI is InChI=1S/C12H17NO4/c1-7(2)13-11(12(15)16)8-4-5-10(17-3)9(14)6-8/h4-7,11,13-14H,1-3H3,(H,15,16). The summed E-state index contributed by atoms with van der Waals surface area (Å²) in [7, 11) is 1.44. The topological polar surface area (TPSA) is 78.8 Å².